The van der Waals surface area contributed by atoms with Gasteiger partial charge in [-0.3, -0.25) is 0 Å². The fourth-order valence-electron chi connectivity index (χ4n) is 3.33. The van der Waals surface area contributed by atoms with E-state index in [1.807, 2.05) is 46.9 Å². The van der Waals surface area contributed by atoms with E-state index in [9.17, 15) is 4.79 Å². The molecule has 0 aliphatic heterocycles. The van der Waals surface area contributed by atoms with Crippen molar-refractivity contribution in [1.82, 2.24) is 0 Å². The first-order valence-corrected chi connectivity index (χ1v) is 11.0. The van der Waals surface area contributed by atoms with Gasteiger partial charge in [-0.05, 0) is 71.1 Å². The van der Waals surface area contributed by atoms with Crippen LogP contribution in [0.3, 0.4) is 0 Å². The molecule has 2 heterocycles. The number of ether oxygens (including phenoxy) is 1. The standard InChI is InChI=1S/C23H14IO3S/c24-22-14-13-19(27-22)23(25)26-15-9-11-16(12-10-15)28-20-7-3-1-5-17(20)18-6-2-4-8-21(18)28/h1-14H/q+1. The predicted molar refractivity (Wildman–Crippen MR) is 122 cm³/mol. The van der Waals surface area contributed by atoms with Gasteiger partial charge in [-0.25, -0.2) is 4.79 Å². The van der Waals surface area contributed by atoms with Crippen LogP contribution in [0.5, 0.6) is 5.75 Å². The lowest BCUT2D eigenvalue weighted by Gasteiger charge is -2.02. The summed E-state index contributed by atoms with van der Waals surface area (Å²) in [6.45, 7) is 0. The first-order valence-electron chi connectivity index (χ1n) is 8.71. The van der Waals surface area contributed by atoms with Crippen LogP contribution < -0.4 is 4.74 Å². The van der Waals surface area contributed by atoms with Gasteiger partial charge in [0.1, 0.15) is 5.75 Å². The molecule has 5 heteroatoms. The first-order chi connectivity index (χ1) is 13.7. The Morgan fingerprint density at radius 3 is 1.96 bits per heavy atom. The van der Waals surface area contributed by atoms with Gasteiger partial charge >= 0.3 is 5.97 Å². The topological polar surface area (TPSA) is 39.4 Å². The molecular weight excluding hydrogens is 483 g/mol. The lowest BCUT2D eigenvalue weighted by molar-refractivity contribution is 0.0700. The van der Waals surface area contributed by atoms with E-state index in [0.717, 1.165) is 0 Å². The van der Waals surface area contributed by atoms with Crippen LogP contribution in [-0.4, -0.2) is 5.97 Å². The van der Waals surface area contributed by atoms with Gasteiger partial charge in [-0.1, -0.05) is 24.3 Å². The SMILES string of the molecule is O=C(Oc1ccc(-[s+]2c3ccccc3c3ccccc32)cc1)c1ccc(I)o1. The fourth-order valence-corrected chi connectivity index (χ4v) is 6.13. The second-order valence-electron chi connectivity index (χ2n) is 6.26. The number of rotatable bonds is 3. The molecule has 28 heavy (non-hydrogen) atoms. The number of hydrogen-bond donors (Lipinski definition) is 0. The number of furan rings is 1. The van der Waals surface area contributed by atoms with E-state index in [4.69, 9.17) is 9.15 Å². The van der Waals surface area contributed by atoms with Crippen LogP contribution in [0.15, 0.2) is 89.3 Å². The maximum Gasteiger partial charge on any atom is 0.379 e. The first kappa shape index (κ1) is 17.5. The Kier molecular flexibility index (Phi) is 4.41. The predicted octanol–water partition coefficient (Wildman–Crippen LogP) is 7.15. The number of halogens is 1. The highest BCUT2D eigenvalue weighted by atomic mass is 127. The van der Waals surface area contributed by atoms with E-state index in [1.165, 1.54) is 25.1 Å². The highest BCUT2D eigenvalue weighted by molar-refractivity contribution is 14.1. The Labute approximate surface area is 177 Å². The molecule has 0 saturated heterocycles. The third kappa shape index (κ3) is 3.00. The van der Waals surface area contributed by atoms with Crippen LogP contribution in [0, 0.1) is 3.77 Å². The molecule has 0 bridgehead atoms. The Balaban J connectivity index is 1.53. The van der Waals surface area contributed by atoms with Crippen molar-refractivity contribution in [2.75, 3.05) is 0 Å². The van der Waals surface area contributed by atoms with E-state index in [1.54, 1.807) is 12.1 Å². The summed E-state index contributed by atoms with van der Waals surface area (Å²) >= 11 is 2.02. The summed E-state index contributed by atoms with van der Waals surface area (Å²) in [4.78, 5) is 13.4. The minimum absolute atomic E-state index is 0.154. The fraction of sp³-hybridized carbons (Fsp3) is 0. The molecule has 136 valence electrons. The summed E-state index contributed by atoms with van der Waals surface area (Å²) < 4.78 is 14.1. The number of carbonyl (C=O) groups is 1. The Bertz CT molecular complexity index is 1260. The van der Waals surface area contributed by atoms with Gasteiger partial charge in [-0.15, -0.1) is 0 Å². The summed E-state index contributed by atoms with van der Waals surface area (Å²) in [5.41, 5.74) is 0. The molecular formula is C23H14IO3S+. The van der Waals surface area contributed by atoms with E-state index >= 15 is 0 Å². The van der Waals surface area contributed by atoms with Crippen LogP contribution in [0.4, 0.5) is 0 Å². The van der Waals surface area contributed by atoms with Gasteiger partial charge in [-0.2, -0.15) is 0 Å². The van der Waals surface area contributed by atoms with Gasteiger partial charge in [0.25, 0.3) is 0 Å². The number of hydrogen-bond acceptors (Lipinski definition) is 3. The largest absolute Gasteiger partial charge is 0.443 e. The maximum absolute atomic E-state index is 12.2. The normalized spacial score (nSPS) is 11.2. The van der Waals surface area contributed by atoms with E-state index < -0.39 is 5.97 Å². The molecule has 3 nitrogen and oxygen atoms in total. The number of carbonyl (C=O) groups excluding carboxylic acids is 1. The van der Waals surface area contributed by atoms with Gasteiger partial charge in [0.05, 0.1) is 0 Å². The molecule has 0 spiro atoms. The van der Waals surface area contributed by atoms with Crippen molar-refractivity contribution < 1.29 is 13.9 Å². The van der Waals surface area contributed by atoms with Gasteiger partial charge < -0.3 is 9.15 Å². The van der Waals surface area contributed by atoms with E-state index in [-0.39, 0.29) is 16.2 Å². The van der Waals surface area contributed by atoms with Crippen molar-refractivity contribution in [2.45, 2.75) is 0 Å². The van der Waals surface area contributed by atoms with Crippen molar-refractivity contribution in [1.29, 1.82) is 0 Å². The maximum atomic E-state index is 12.2. The minimum Gasteiger partial charge on any atom is -0.443 e. The molecule has 0 amide bonds. The molecule has 3 aromatic carbocycles. The summed E-state index contributed by atoms with van der Waals surface area (Å²) in [6.07, 6.45) is 0. The summed E-state index contributed by atoms with van der Waals surface area (Å²) in [6, 6.07) is 28.2. The quantitative estimate of drug-likeness (QED) is 0.115. The zero-order chi connectivity index (χ0) is 19.1. The second-order valence-corrected chi connectivity index (χ2v) is 9.29. The molecule has 0 N–H and O–H groups in total. The van der Waals surface area contributed by atoms with E-state index in [2.05, 4.69) is 48.5 Å². The Hall–Kier alpha value is -2.64. The smallest absolute Gasteiger partial charge is 0.379 e. The van der Waals surface area contributed by atoms with Crippen LogP contribution >= 0.6 is 33.1 Å². The molecule has 0 atom stereocenters. The average Bonchev–Trinajstić information content (AvgIpc) is 3.30. The third-order valence-electron chi connectivity index (χ3n) is 4.55. The summed E-state index contributed by atoms with van der Waals surface area (Å²) in [5, 5.41) is 2.59. The summed E-state index contributed by atoms with van der Waals surface area (Å²) in [7, 11) is -0.154. The highest BCUT2D eigenvalue weighted by Gasteiger charge is 2.23. The van der Waals surface area contributed by atoms with Crippen LogP contribution in [0.2, 0.25) is 0 Å². The number of fused-ring (bicyclic) bond motifs is 3. The van der Waals surface area contributed by atoms with Crippen LogP contribution in [0.1, 0.15) is 10.6 Å². The van der Waals surface area contributed by atoms with Gasteiger partial charge in [0.15, 0.2) is 18.1 Å². The minimum atomic E-state index is -0.491. The number of esters is 1. The van der Waals surface area contributed by atoms with Crippen molar-refractivity contribution in [3.05, 3.63) is 94.5 Å². The van der Waals surface area contributed by atoms with Crippen molar-refractivity contribution in [3.63, 3.8) is 0 Å². The summed E-state index contributed by atoms with van der Waals surface area (Å²) in [5.74, 6) is 0.216. The third-order valence-corrected chi connectivity index (χ3v) is 7.46. The Morgan fingerprint density at radius 1 is 0.786 bits per heavy atom. The molecule has 0 radical (unpaired) electrons. The van der Waals surface area contributed by atoms with E-state index in [0.29, 0.717) is 9.52 Å². The number of benzene rings is 3. The molecule has 0 aliphatic rings. The van der Waals surface area contributed by atoms with Crippen molar-refractivity contribution in [2.24, 2.45) is 0 Å². The van der Waals surface area contributed by atoms with Gasteiger partial charge in [0.2, 0.25) is 5.76 Å². The lowest BCUT2D eigenvalue weighted by atomic mass is 10.2. The molecule has 5 aromatic rings. The Morgan fingerprint density at radius 2 is 1.39 bits per heavy atom. The zero-order valence-corrected chi connectivity index (χ0v) is 17.6. The molecule has 0 aliphatic carbocycles. The zero-order valence-electron chi connectivity index (χ0n) is 14.6. The monoisotopic (exact) mass is 497 g/mol. The molecule has 2 aromatic heterocycles. The lowest BCUT2D eigenvalue weighted by Crippen LogP contribution is -2.06. The molecule has 5 rings (SSSR count). The highest BCUT2D eigenvalue weighted by Crippen LogP contribution is 2.48. The number of thiophene rings is 1. The molecule has 0 unspecified atom stereocenters. The molecule has 0 saturated carbocycles. The molecule has 0 fully saturated rings. The van der Waals surface area contributed by atoms with Crippen molar-refractivity contribution in [3.8, 4) is 10.6 Å². The average molecular weight is 497 g/mol. The van der Waals surface area contributed by atoms with Crippen LogP contribution in [0.25, 0.3) is 25.1 Å². The van der Waals surface area contributed by atoms with Crippen LogP contribution in [-0.2, 0) is 0 Å². The van der Waals surface area contributed by atoms with Crippen molar-refractivity contribution >= 4 is 59.2 Å². The van der Waals surface area contributed by atoms with Gasteiger partial charge in [0, 0.05) is 33.4 Å². The second kappa shape index (κ2) is 7.07.